The molecule has 0 saturated heterocycles. The average Bonchev–Trinajstić information content (AvgIpc) is 2.95. The third kappa shape index (κ3) is 11.0. The summed E-state index contributed by atoms with van der Waals surface area (Å²) in [5, 5.41) is 8.86. The maximum Gasteiger partial charge on any atom is 0.213 e. The van der Waals surface area contributed by atoms with Gasteiger partial charge in [0.25, 0.3) is 0 Å². The molecule has 0 amide bonds. The van der Waals surface area contributed by atoms with E-state index in [1.165, 1.54) is 63.5 Å². The van der Waals surface area contributed by atoms with Crippen LogP contribution in [0.25, 0.3) is 22.5 Å². The zero-order valence-corrected chi connectivity index (χ0v) is 23.8. The largest absolute Gasteiger partial charge is 0.494 e. The lowest BCUT2D eigenvalue weighted by Crippen LogP contribution is -1.99. The minimum absolute atomic E-state index is 0.663. The standard InChI is InChI=1S/C31H43N3O2Si/c1-3-5-7-8-9-10-22-36-31-20-15-27(25-32-31)30-19-18-29(33-34-30)26-13-16-28(17-14-26)35-21-11-12-24-37-23-6-4-2/h13-20,25H,3-12,21-24H2,1-2H3. The fourth-order valence-electron chi connectivity index (χ4n) is 4.01. The van der Waals surface area contributed by atoms with Gasteiger partial charge in [0.1, 0.15) is 5.75 Å². The maximum absolute atomic E-state index is 5.91. The Labute approximate surface area is 226 Å². The van der Waals surface area contributed by atoms with Gasteiger partial charge in [0.2, 0.25) is 5.88 Å². The average molecular weight is 518 g/mol. The first-order valence-corrected chi connectivity index (χ1v) is 15.6. The first-order chi connectivity index (χ1) is 18.3. The molecule has 0 atom stereocenters. The summed E-state index contributed by atoms with van der Waals surface area (Å²) in [6, 6.07) is 18.7. The number of hydrogen-bond acceptors (Lipinski definition) is 5. The van der Waals surface area contributed by atoms with Gasteiger partial charge in [0.15, 0.2) is 0 Å². The smallest absolute Gasteiger partial charge is 0.213 e. The zero-order valence-electron chi connectivity index (χ0n) is 22.8. The van der Waals surface area contributed by atoms with E-state index >= 15 is 0 Å². The van der Waals surface area contributed by atoms with E-state index in [-0.39, 0.29) is 0 Å². The summed E-state index contributed by atoms with van der Waals surface area (Å²) < 4.78 is 11.7. The van der Waals surface area contributed by atoms with E-state index in [0.717, 1.165) is 63.8 Å². The van der Waals surface area contributed by atoms with Crippen LogP contribution < -0.4 is 9.47 Å². The second kappa shape index (κ2) is 17.7. The van der Waals surface area contributed by atoms with Crippen LogP contribution in [0, 0.1) is 0 Å². The highest BCUT2D eigenvalue weighted by atomic mass is 28.2. The van der Waals surface area contributed by atoms with Gasteiger partial charge in [-0.15, -0.1) is 10.2 Å². The van der Waals surface area contributed by atoms with E-state index in [2.05, 4.69) is 29.0 Å². The summed E-state index contributed by atoms with van der Waals surface area (Å²) >= 11 is 0. The summed E-state index contributed by atoms with van der Waals surface area (Å²) in [4.78, 5) is 4.44. The molecule has 0 aliphatic carbocycles. The van der Waals surface area contributed by atoms with Crippen molar-refractivity contribution in [3.05, 3.63) is 54.7 Å². The lowest BCUT2D eigenvalue weighted by Gasteiger charge is -2.08. The summed E-state index contributed by atoms with van der Waals surface area (Å²) in [6.07, 6.45) is 14.4. The molecular weight excluding hydrogens is 474 g/mol. The first-order valence-electron chi connectivity index (χ1n) is 14.2. The molecule has 1 aromatic carbocycles. The first kappa shape index (κ1) is 28.8. The molecule has 0 saturated carbocycles. The van der Waals surface area contributed by atoms with Crippen molar-refractivity contribution in [2.45, 2.75) is 90.1 Å². The van der Waals surface area contributed by atoms with Gasteiger partial charge in [-0.1, -0.05) is 77.3 Å². The van der Waals surface area contributed by atoms with Crippen molar-refractivity contribution in [1.82, 2.24) is 15.2 Å². The normalized spacial score (nSPS) is 11.0. The van der Waals surface area contributed by atoms with E-state index in [1.54, 1.807) is 6.20 Å². The van der Waals surface area contributed by atoms with Crippen LogP contribution in [0.4, 0.5) is 0 Å². The van der Waals surface area contributed by atoms with Gasteiger partial charge in [-0.2, -0.15) is 0 Å². The van der Waals surface area contributed by atoms with Crippen LogP contribution >= 0.6 is 0 Å². The van der Waals surface area contributed by atoms with Crippen molar-refractivity contribution in [1.29, 1.82) is 0 Å². The fraction of sp³-hybridized carbons (Fsp3) is 0.516. The van der Waals surface area contributed by atoms with Gasteiger partial charge in [0.05, 0.1) is 24.6 Å². The number of aromatic nitrogens is 3. The third-order valence-electron chi connectivity index (χ3n) is 6.32. The molecule has 37 heavy (non-hydrogen) atoms. The topological polar surface area (TPSA) is 57.1 Å². The molecule has 0 bridgehead atoms. The monoisotopic (exact) mass is 517 g/mol. The number of pyridine rings is 1. The summed E-state index contributed by atoms with van der Waals surface area (Å²) in [5.41, 5.74) is 3.60. The molecule has 5 nitrogen and oxygen atoms in total. The Balaban J connectivity index is 1.39. The Hall–Kier alpha value is -2.73. The molecular formula is C31H43N3O2Si. The molecule has 3 aromatic rings. The second-order valence-corrected chi connectivity index (χ2v) is 11.0. The number of hydrogen-bond donors (Lipinski definition) is 0. The Morgan fingerprint density at radius 3 is 1.92 bits per heavy atom. The van der Waals surface area contributed by atoms with Gasteiger partial charge in [-0.3, -0.25) is 0 Å². The minimum atomic E-state index is 0.663. The molecule has 0 aliphatic heterocycles. The van der Waals surface area contributed by atoms with Gasteiger partial charge < -0.3 is 9.47 Å². The molecule has 0 unspecified atom stereocenters. The highest BCUT2D eigenvalue weighted by Crippen LogP contribution is 2.23. The van der Waals surface area contributed by atoms with Gasteiger partial charge in [-0.05, 0) is 55.3 Å². The Bertz CT molecular complexity index is 979. The van der Waals surface area contributed by atoms with Gasteiger partial charge in [-0.25, -0.2) is 4.98 Å². The maximum atomic E-state index is 5.91. The van der Waals surface area contributed by atoms with Crippen LogP contribution in [-0.2, 0) is 0 Å². The summed E-state index contributed by atoms with van der Waals surface area (Å²) in [6.45, 7) is 6.00. The number of benzene rings is 1. The van der Waals surface area contributed by atoms with E-state index in [0.29, 0.717) is 5.88 Å². The van der Waals surface area contributed by atoms with Crippen molar-refractivity contribution in [3.63, 3.8) is 0 Å². The summed E-state index contributed by atoms with van der Waals surface area (Å²) in [7, 11) is 1.11. The van der Waals surface area contributed by atoms with Crippen LogP contribution in [0.15, 0.2) is 54.7 Å². The molecule has 198 valence electrons. The van der Waals surface area contributed by atoms with Crippen LogP contribution in [0.1, 0.15) is 78.1 Å². The molecule has 0 spiro atoms. The van der Waals surface area contributed by atoms with Gasteiger partial charge in [0, 0.05) is 32.9 Å². The SMILES string of the molecule is CCCCCCCCOc1ccc(-c2ccc(-c3ccc(OCCCC[Si]CCCC)cc3)nn2)cn1. The lowest BCUT2D eigenvalue weighted by molar-refractivity contribution is 0.293. The fourth-order valence-corrected chi connectivity index (χ4v) is 5.36. The predicted octanol–water partition coefficient (Wildman–Crippen LogP) is 8.44. The van der Waals surface area contributed by atoms with Crippen molar-refractivity contribution in [3.8, 4) is 34.1 Å². The zero-order chi connectivity index (χ0) is 26.0. The molecule has 2 aromatic heterocycles. The molecule has 2 radical (unpaired) electrons. The molecule has 0 fully saturated rings. The highest BCUT2D eigenvalue weighted by Gasteiger charge is 2.06. The van der Waals surface area contributed by atoms with E-state index in [1.807, 2.05) is 48.5 Å². The number of nitrogens with zero attached hydrogens (tertiary/aromatic N) is 3. The van der Waals surface area contributed by atoms with E-state index < -0.39 is 0 Å². The van der Waals surface area contributed by atoms with Crippen molar-refractivity contribution < 1.29 is 9.47 Å². The second-order valence-electron chi connectivity index (χ2n) is 9.49. The van der Waals surface area contributed by atoms with E-state index in [9.17, 15) is 0 Å². The quantitative estimate of drug-likeness (QED) is 0.118. The number of ether oxygens (including phenoxy) is 2. The van der Waals surface area contributed by atoms with E-state index in [4.69, 9.17) is 9.47 Å². The molecule has 2 heterocycles. The van der Waals surface area contributed by atoms with Gasteiger partial charge >= 0.3 is 0 Å². The molecule has 3 rings (SSSR count). The predicted molar refractivity (Wildman–Crippen MR) is 155 cm³/mol. The number of rotatable bonds is 19. The van der Waals surface area contributed by atoms with Crippen molar-refractivity contribution in [2.75, 3.05) is 13.2 Å². The minimum Gasteiger partial charge on any atom is -0.494 e. The van der Waals surface area contributed by atoms with Crippen LogP contribution in [0.3, 0.4) is 0 Å². The Morgan fingerprint density at radius 1 is 0.595 bits per heavy atom. The van der Waals surface area contributed by atoms with Crippen LogP contribution in [0.2, 0.25) is 12.1 Å². The Morgan fingerprint density at radius 2 is 1.22 bits per heavy atom. The van der Waals surface area contributed by atoms with Crippen molar-refractivity contribution in [2.24, 2.45) is 0 Å². The van der Waals surface area contributed by atoms with Crippen LogP contribution in [-0.4, -0.2) is 37.9 Å². The number of unbranched alkanes of at least 4 members (excludes halogenated alkanes) is 7. The lowest BCUT2D eigenvalue weighted by atomic mass is 10.1. The van der Waals surface area contributed by atoms with Crippen molar-refractivity contribution >= 4 is 9.52 Å². The molecule has 0 aliphatic rings. The molecule has 6 heteroatoms. The molecule has 0 N–H and O–H groups in total. The Kier molecular flexibility index (Phi) is 13.8. The highest BCUT2D eigenvalue weighted by molar-refractivity contribution is 6.35. The summed E-state index contributed by atoms with van der Waals surface area (Å²) in [5.74, 6) is 1.57. The third-order valence-corrected chi connectivity index (χ3v) is 7.73. The van der Waals surface area contributed by atoms with Crippen LogP contribution in [0.5, 0.6) is 11.6 Å².